The molecule has 0 fully saturated rings. The van der Waals surface area contributed by atoms with Gasteiger partial charge in [0.15, 0.2) is 0 Å². The van der Waals surface area contributed by atoms with Crippen molar-refractivity contribution >= 4 is 0 Å². The standard InChI is InChI=1S/C60H58O/c1-41(47-25-13-7-14-26-47)53-37-39-55(59(45(5)51-33-21-11-22-34-51)57(53)43(3)49-29-17-9-18-30-49)61-56-40-38-54(42(2)48-27-15-8-16-28-48)58(44(4)50-31-19-10-20-32-50)60(56)46(6)52-35-23-12-24-36-52/h7-46H,1-6H3. The second kappa shape index (κ2) is 18.9. The summed E-state index contributed by atoms with van der Waals surface area (Å²) < 4.78 is 7.66. The predicted molar refractivity (Wildman–Crippen MR) is 257 cm³/mol. The first-order valence-corrected chi connectivity index (χ1v) is 22.1. The largest absolute Gasteiger partial charge is 0.457 e. The van der Waals surface area contributed by atoms with Crippen LogP contribution in [0.3, 0.4) is 0 Å². The van der Waals surface area contributed by atoms with Gasteiger partial charge >= 0.3 is 0 Å². The van der Waals surface area contributed by atoms with Crippen molar-refractivity contribution in [2.45, 2.75) is 77.0 Å². The highest BCUT2D eigenvalue weighted by Gasteiger charge is 2.31. The van der Waals surface area contributed by atoms with Crippen LogP contribution in [0.4, 0.5) is 0 Å². The molecule has 0 aliphatic heterocycles. The predicted octanol–water partition coefficient (Wildman–Crippen LogP) is 16.4. The number of ether oxygens (including phenoxy) is 1. The van der Waals surface area contributed by atoms with Crippen molar-refractivity contribution in [1.82, 2.24) is 0 Å². The molecule has 0 amide bonds. The maximum Gasteiger partial charge on any atom is 0.131 e. The number of benzene rings is 8. The van der Waals surface area contributed by atoms with Crippen LogP contribution in [0.2, 0.25) is 0 Å². The Labute approximate surface area is 364 Å². The zero-order chi connectivity index (χ0) is 42.3. The normalized spacial score (nSPS) is 14.3. The second-order valence-electron chi connectivity index (χ2n) is 16.9. The van der Waals surface area contributed by atoms with Gasteiger partial charge < -0.3 is 4.74 Å². The summed E-state index contributed by atoms with van der Waals surface area (Å²) in [6.07, 6.45) is 0. The fraction of sp³-hybridized carbons (Fsp3) is 0.200. The van der Waals surface area contributed by atoms with Gasteiger partial charge in [-0.15, -0.1) is 0 Å². The molecule has 1 heteroatoms. The molecule has 304 valence electrons. The topological polar surface area (TPSA) is 9.23 Å². The van der Waals surface area contributed by atoms with E-state index in [0.717, 1.165) is 11.5 Å². The Hall–Kier alpha value is -6.44. The van der Waals surface area contributed by atoms with E-state index in [2.05, 4.69) is 248 Å². The van der Waals surface area contributed by atoms with Crippen LogP contribution in [0.25, 0.3) is 0 Å². The molecule has 0 bridgehead atoms. The third-order valence-electron chi connectivity index (χ3n) is 13.2. The van der Waals surface area contributed by atoms with Gasteiger partial charge in [-0.05, 0) is 67.8 Å². The van der Waals surface area contributed by atoms with Gasteiger partial charge in [-0.25, -0.2) is 0 Å². The molecular weight excluding hydrogens is 737 g/mol. The number of rotatable bonds is 14. The molecule has 6 unspecified atom stereocenters. The zero-order valence-corrected chi connectivity index (χ0v) is 36.5. The lowest BCUT2D eigenvalue weighted by molar-refractivity contribution is 0.462. The fourth-order valence-electron chi connectivity index (χ4n) is 9.65. The lowest BCUT2D eigenvalue weighted by Crippen LogP contribution is -2.15. The Kier molecular flexibility index (Phi) is 12.8. The summed E-state index contributed by atoms with van der Waals surface area (Å²) in [6, 6.07) is 75.0. The lowest BCUT2D eigenvalue weighted by atomic mass is 9.75. The Bertz CT molecular complexity index is 2430. The van der Waals surface area contributed by atoms with Crippen molar-refractivity contribution in [1.29, 1.82) is 0 Å². The molecule has 6 atom stereocenters. The van der Waals surface area contributed by atoms with Crippen LogP contribution in [0, 0.1) is 0 Å². The summed E-state index contributed by atoms with van der Waals surface area (Å²) >= 11 is 0. The maximum absolute atomic E-state index is 7.66. The fourth-order valence-corrected chi connectivity index (χ4v) is 9.65. The molecule has 0 heterocycles. The van der Waals surface area contributed by atoms with E-state index < -0.39 is 0 Å². The van der Waals surface area contributed by atoms with Gasteiger partial charge in [0.2, 0.25) is 0 Å². The van der Waals surface area contributed by atoms with E-state index in [9.17, 15) is 0 Å². The first-order valence-electron chi connectivity index (χ1n) is 22.1. The highest BCUT2D eigenvalue weighted by Crippen LogP contribution is 2.49. The van der Waals surface area contributed by atoms with Gasteiger partial charge in [0.25, 0.3) is 0 Å². The van der Waals surface area contributed by atoms with Gasteiger partial charge in [-0.3, -0.25) is 0 Å². The van der Waals surface area contributed by atoms with Crippen LogP contribution < -0.4 is 4.74 Å². The summed E-state index contributed by atoms with van der Waals surface area (Å²) in [5.41, 5.74) is 15.5. The molecule has 8 rings (SSSR count). The zero-order valence-electron chi connectivity index (χ0n) is 36.5. The van der Waals surface area contributed by atoms with E-state index in [-0.39, 0.29) is 35.5 Å². The molecule has 8 aromatic rings. The number of hydrogen-bond acceptors (Lipinski definition) is 1. The van der Waals surface area contributed by atoms with E-state index in [1.54, 1.807) is 0 Å². The Balaban J connectivity index is 1.41. The molecule has 0 aliphatic rings. The molecule has 0 aliphatic carbocycles. The average molecular weight is 795 g/mol. The smallest absolute Gasteiger partial charge is 0.131 e. The van der Waals surface area contributed by atoms with Gasteiger partial charge in [0.05, 0.1) is 0 Å². The van der Waals surface area contributed by atoms with Gasteiger partial charge in [-0.2, -0.15) is 0 Å². The van der Waals surface area contributed by atoms with Crippen molar-refractivity contribution in [2.75, 3.05) is 0 Å². The molecule has 0 saturated carbocycles. The maximum atomic E-state index is 7.66. The molecular formula is C60H58O. The van der Waals surface area contributed by atoms with E-state index >= 15 is 0 Å². The van der Waals surface area contributed by atoms with Crippen LogP contribution in [0.15, 0.2) is 206 Å². The summed E-state index contributed by atoms with van der Waals surface area (Å²) in [5, 5.41) is 0. The van der Waals surface area contributed by atoms with E-state index in [4.69, 9.17) is 4.74 Å². The Morgan fingerprint density at radius 2 is 0.443 bits per heavy atom. The quantitative estimate of drug-likeness (QED) is 0.107. The summed E-state index contributed by atoms with van der Waals surface area (Å²) in [5.74, 6) is 2.47. The van der Waals surface area contributed by atoms with E-state index in [1.165, 1.54) is 66.8 Å². The molecule has 61 heavy (non-hydrogen) atoms. The van der Waals surface area contributed by atoms with E-state index in [1.807, 2.05) is 0 Å². The highest BCUT2D eigenvalue weighted by molar-refractivity contribution is 5.61. The highest BCUT2D eigenvalue weighted by atomic mass is 16.5. The summed E-state index contributed by atoms with van der Waals surface area (Å²) in [6.45, 7) is 14.2. The van der Waals surface area contributed by atoms with Gasteiger partial charge in [0, 0.05) is 46.6 Å². The SMILES string of the molecule is CC(c1ccccc1)c1ccc(Oc2ccc(C(C)c3ccccc3)c(C(C)c3ccccc3)c2C(C)c2ccccc2)c(C(C)c2ccccc2)c1C(C)c1ccccc1. The lowest BCUT2D eigenvalue weighted by Gasteiger charge is -2.32. The molecule has 0 radical (unpaired) electrons. The minimum absolute atomic E-state index is 0.0513. The third kappa shape index (κ3) is 8.75. The Morgan fingerprint density at radius 1 is 0.230 bits per heavy atom. The average Bonchev–Trinajstić information content (AvgIpc) is 3.34. The first kappa shape index (κ1) is 41.3. The van der Waals surface area contributed by atoms with Crippen molar-refractivity contribution in [2.24, 2.45) is 0 Å². The van der Waals surface area contributed by atoms with Crippen LogP contribution in [-0.2, 0) is 0 Å². The van der Waals surface area contributed by atoms with Crippen LogP contribution in [0.5, 0.6) is 11.5 Å². The molecule has 0 N–H and O–H groups in total. The van der Waals surface area contributed by atoms with Crippen LogP contribution in [-0.4, -0.2) is 0 Å². The second-order valence-corrected chi connectivity index (χ2v) is 16.9. The molecule has 0 aromatic heterocycles. The van der Waals surface area contributed by atoms with Crippen molar-refractivity contribution in [3.8, 4) is 11.5 Å². The molecule has 8 aromatic carbocycles. The third-order valence-corrected chi connectivity index (χ3v) is 13.2. The molecule has 0 spiro atoms. The first-order chi connectivity index (χ1) is 29.8. The number of hydrogen-bond donors (Lipinski definition) is 0. The summed E-state index contributed by atoms with van der Waals surface area (Å²) in [7, 11) is 0. The minimum atomic E-state index is 0.0513. The van der Waals surface area contributed by atoms with Crippen molar-refractivity contribution in [3.05, 3.63) is 273 Å². The van der Waals surface area contributed by atoms with Gasteiger partial charge in [0.1, 0.15) is 11.5 Å². The van der Waals surface area contributed by atoms with E-state index in [0.29, 0.717) is 0 Å². The minimum Gasteiger partial charge on any atom is -0.457 e. The molecule has 1 nitrogen and oxygen atoms in total. The van der Waals surface area contributed by atoms with Crippen LogP contribution in [0.1, 0.15) is 144 Å². The van der Waals surface area contributed by atoms with Crippen molar-refractivity contribution in [3.63, 3.8) is 0 Å². The summed E-state index contributed by atoms with van der Waals surface area (Å²) in [4.78, 5) is 0. The molecule has 0 saturated heterocycles. The van der Waals surface area contributed by atoms with Crippen LogP contribution >= 0.6 is 0 Å². The van der Waals surface area contributed by atoms with Gasteiger partial charge in [-0.1, -0.05) is 236 Å². The van der Waals surface area contributed by atoms with Crippen molar-refractivity contribution < 1.29 is 4.74 Å². The Morgan fingerprint density at radius 3 is 0.689 bits per heavy atom. The monoisotopic (exact) mass is 794 g/mol.